The van der Waals surface area contributed by atoms with Crippen molar-refractivity contribution in [3.8, 4) is 0 Å². The van der Waals surface area contributed by atoms with E-state index in [0.29, 0.717) is 18.7 Å². The number of rotatable bonds is 9. The third-order valence-corrected chi connectivity index (χ3v) is 4.99. The van der Waals surface area contributed by atoms with Gasteiger partial charge >= 0.3 is 0 Å². The number of nitrogens with zero attached hydrogens (tertiary/aromatic N) is 3. The summed E-state index contributed by atoms with van der Waals surface area (Å²) < 4.78 is 0. The molecule has 1 amide bonds. The van der Waals surface area contributed by atoms with Gasteiger partial charge < -0.3 is 20.9 Å². The zero-order valence-electron chi connectivity index (χ0n) is 17.1. The van der Waals surface area contributed by atoms with E-state index in [4.69, 9.17) is 0 Å². The van der Waals surface area contributed by atoms with Crippen molar-refractivity contribution in [3.63, 3.8) is 0 Å². The fraction of sp³-hybridized carbons (Fsp3) is 0.450. The van der Waals surface area contributed by atoms with Gasteiger partial charge in [-0.1, -0.05) is 12.1 Å². The minimum Gasteiger partial charge on any atom is -0.356 e. The molecule has 3 N–H and O–H groups in total. The predicted octanol–water partition coefficient (Wildman–Crippen LogP) is 1.65. The van der Waals surface area contributed by atoms with Crippen LogP contribution in [-0.2, 0) is 13.0 Å². The minimum atomic E-state index is -0.0510. The van der Waals surface area contributed by atoms with Crippen LogP contribution in [0.2, 0.25) is 0 Å². The van der Waals surface area contributed by atoms with E-state index in [2.05, 4.69) is 32.9 Å². The van der Waals surface area contributed by atoms with Crippen molar-refractivity contribution in [1.29, 1.82) is 0 Å². The maximum atomic E-state index is 12.3. The molecule has 2 aromatic rings. The predicted molar refractivity (Wildman–Crippen MR) is 116 cm³/mol. The average molecular weight is 403 g/mol. The van der Waals surface area contributed by atoms with Gasteiger partial charge in [-0.05, 0) is 38.7 Å². The number of benzene rings is 1. The van der Waals surface area contributed by atoms with Crippen LogP contribution < -0.4 is 16.0 Å². The lowest BCUT2D eigenvalue weighted by molar-refractivity contribution is 0.0951. The Balaban J connectivity index is 1.79. The molecule has 0 unspecified atom stereocenters. The number of hydrogen-bond donors (Lipinski definition) is 3. The summed E-state index contributed by atoms with van der Waals surface area (Å²) in [5.41, 5.74) is 1.69. The molecular formula is C20H30N6OS. The first-order chi connectivity index (χ1) is 13.5. The molecule has 0 aliphatic rings. The van der Waals surface area contributed by atoms with Crippen LogP contribution in [0.1, 0.15) is 25.8 Å². The molecule has 7 nitrogen and oxygen atoms in total. The summed E-state index contributed by atoms with van der Waals surface area (Å²) in [4.78, 5) is 24.1. The molecule has 1 aromatic carbocycles. The lowest BCUT2D eigenvalue weighted by atomic mass is 10.1. The molecule has 1 heterocycles. The summed E-state index contributed by atoms with van der Waals surface area (Å²) in [5, 5.41) is 10.6. The van der Waals surface area contributed by atoms with Crippen molar-refractivity contribution in [2.75, 3.05) is 40.8 Å². The Hall–Kier alpha value is -2.45. The van der Waals surface area contributed by atoms with Crippen LogP contribution in [0, 0.1) is 6.92 Å². The van der Waals surface area contributed by atoms with Crippen LogP contribution >= 0.6 is 11.3 Å². The number of aliphatic imine (C=N–C) groups is 1. The second kappa shape index (κ2) is 11.4. The Morgan fingerprint density at radius 2 is 2.04 bits per heavy atom. The molecular weight excluding hydrogens is 372 g/mol. The summed E-state index contributed by atoms with van der Waals surface area (Å²) in [7, 11) is 5.71. The van der Waals surface area contributed by atoms with E-state index in [1.165, 1.54) is 4.88 Å². The molecule has 0 saturated heterocycles. The van der Waals surface area contributed by atoms with Gasteiger partial charge in [-0.15, -0.1) is 11.3 Å². The number of hydrogen-bond acceptors (Lipinski definition) is 5. The Morgan fingerprint density at radius 3 is 2.71 bits per heavy atom. The Bertz CT molecular complexity index is 787. The number of likely N-dealkylation sites (N-methyl/N-ethyl adjacent to an activating group) is 1. The van der Waals surface area contributed by atoms with Crippen molar-refractivity contribution in [3.05, 3.63) is 51.5 Å². The van der Waals surface area contributed by atoms with E-state index in [1.807, 2.05) is 49.5 Å². The van der Waals surface area contributed by atoms with Crippen LogP contribution in [0.25, 0.3) is 0 Å². The average Bonchev–Trinajstić information content (AvgIpc) is 3.09. The summed E-state index contributed by atoms with van der Waals surface area (Å²) in [6.45, 7) is 4.86. The van der Waals surface area contributed by atoms with Gasteiger partial charge in [0.2, 0.25) is 0 Å². The number of thiazole rings is 1. The van der Waals surface area contributed by atoms with Gasteiger partial charge in [-0.3, -0.25) is 9.79 Å². The number of carbonyl (C=O) groups is 1. The van der Waals surface area contributed by atoms with Crippen molar-refractivity contribution in [1.82, 2.24) is 25.8 Å². The van der Waals surface area contributed by atoms with Crippen molar-refractivity contribution >= 4 is 23.2 Å². The van der Waals surface area contributed by atoms with Gasteiger partial charge in [0, 0.05) is 56.3 Å². The fourth-order valence-corrected chi connectivity index (χ4v) is 3.32. The van der Waals surface area contributed by atoms with Gasteiger partial charge in [-0.2, -0.15) is 0 Å². The van der Waals surface area contributed by atoms with E-state index < -0.39 is 0 Å². The largest absolute Gasteiger partial charge is 0.356 e. The quantitative estimate of drug-likeness (QED) is 0.439. The van der Waals surface area contributed by atoms with Gasteiger partial charge in [0.15, 0.2) is 5.96 Å². The first-order valence-electron chi connectivity index (χ1n) is 9.35. The van der Waals surface area contributed by atoms with Crippen LogP contribution in [-0.4, -0.2) is 62.5 Å². The zero-order chi connectivity index (χ0) is 20.4. The highest BCUT2D eigenvalue weighted by molar-refractivity contribution is 7.11. The lowest BCUT2D eigenvalue weighted by Gasteiger charge is -2.13. The van der Waals surface area contributed by atoms with Gasteiger partial charge in [0.05, 0.1) is 5.01 Å². The lowest BCUT2D eigenvalue weighted by Crippen LogP contribution is -2.37. The van der Waals surface area contributed by atoms with E-state index in [9.17, 15) is 4.79 Å². The molecule has 0 atom stereocenters. The zero-order valence-corrected chi connectivity index (χ0v) is 17.9. The molecule has 8 heteroatoms. The maximum absolute atomic E-state index is 12.3. The second-order valence-electron chi connectivity index (χ2n) is 6.73. The smallest absolute Gasteiger partial charge is 0.251 e. The minimum absolute atomic E-state index is 0.0510. The third kappa shape index (κ3) is 7.66. The summed E-state index contributed by atoms with van der Waals surface area (Å²) >= 11 is 1.72. The highest BCUT2D eigenvalue weighted by Crippen LogP contribution is 2.11. The molecule has 2 rings (SSSR count). The first-order valence-corrected chi connectivity index (χ1v) is 10.2. The SMILES string of the molecule is CN=C(NCCc1ncc(C)s1)NCc1cccc(C(=O)NCCN(C)C)c1. The van der Waals surface area contributed by atoms with E-state index in [-0.39, 0.29) is 5.91 Å². The van der Waals surface area contributed by atoms with E-state index in [1.54, 1.807) is 18.4 Å². The normalized spacial score (nSPS) is 11.5. The Kier molecular flexibility index (Phi) is 8.90. The van der Waals surface area contributed by atoms with Gasteiger partial charge in [-0.25, -0.2) is 4.98 Å². The molecule has 0 saturated carbocycles. The summed E-state index contributed by atoms with van der Waals surface area (Å²) in [6.07, 6.45) is 2.76. The highest BCUT2D eigenvalue weighted by Gasteiger charge is 2.07. The monoisotopic (exact) mass is 402 g/mol. The third-order valence-electron chi connectivity index (χ3n) is 4.02. The second-order valence-corrected chi connectivity index (χ2v) is 8.05. The molecule has 152 valence electrons. The molecule has 0 radical (unpaired) electrons. The molecule has 0 bridgehead atoms. The highest BCUT2D eigenvalue weighted by atomic mass is 32.1. The van der Waals surface area contributed by atoms with Crippen LogP contribution in [0.3, 0.4) is 0 Å². The molecule has 0 fully saturated rings. The van der Waals surface area contributed by atoms with Crippen LogP contribution in [0.15, 0.2) is 35.5 Å². The number of carbonyl (C=O) groups excluding carboxylic acids is 1. The maximum Gasteiger partial charge on any atom is 0.251 e. The van der Waals surface area contributed by atoms with Crippen LogP contribution in [0.5, 0.6) is 0 Å². The summed E-state index contributed by atoms with van der Waals surface area (Å²) in [6, 6.07) is 7.63. The van der Waals surface area contributed by atoms with E-state index in [0.717, 1.165) is 36.0 Å². The van der Waals surface area contributed by atoms with Gasteiger partial charge in [0.1, 0.15) is 0 Å². The summed E-state index contributed by atoms with van der Waals surface area (Å²) in [5.74, 6) is 0.680. The van der Waals surface area contributed by atoms with Crippen molar-refractivity contribution in [2.45, 2.75) is 19.9 Å². The number of amides is 1. The number of nitrogens with one attached hydrogen (secondary N) is 3. The topological polar surface area (TPSA) is 81.6 Å². The molecule has 0 aliphatic heterocycles. The number of aryl methyl sites for hydroxylation is 1. The Morgan fingerprint density at radius 1 is 1.21 bits per heavy atom. The Labute approximate surface area is 171 Å². The molecule has 0 spiro atoms. The number of aromatic nitrogens is 1. The molecule has 0 aliphatic carbocycles. The standard InChI is InChI=1S/C20H30N6OS/c1-15-13-24-18(28-15)8-9-23-20(21-2)25-14-16-6-5-7-17(12-16)19(27)22-10-11-26(3)4/h5-7,12-13H,8-11,14H2,1-4H3,(H,22,27)(H2,21,23,25). The first kappa shape index (κ1) is 21.8. The van der Waals surface area contributed by atoms with E-state index >= 15 is 0 Å². The molecule has 1 aromatic heterocycles. The van der Waals surface area contributed by atoms with Crippen LogP contribution in [0.4, 0.5) is 0 Å². The fourth-order valence-electron chi connectivity index (χ4n) is 2.53. The van der Waals surface area contributed by atoms with Gasteiger partial charge in [0.25, 0.3) is 5.91 Å². The van der Waals surface area contributed by atoms with Crippen molar-refractivity contribution in [2.24, 2.45) is 4.99 Å². The number of guanidine groups is 1. The molecule has 28 heavy (non-hydrogen) atoms. The van der Waals surface area contributed by atoms with Crippen molar-refractivity contribution < 1.29 is 4.79 Å².